The first-order chi connectivity index (χ1) is 25.9. The molecule has 3 unspecified atom stereocenters. The summed E-state index contributed by atoms with van der Waals surface area (Å²) in [4.78, 5) is 37.3. The van der Waals surface area contributed by atoms with Crippen LogP contribution in [0.4, 0.5) is 14.6 Å². The summed E-state index contributed by atoms with van der Waals surface area (Å²) in [6.07, 6.45) is -6.16. The number of carbonyl (C=O) groups is 2. The van der Waals surface area contributed by atoms with E-state index in [9.17, 15) is 33.1 Å². The molecule has 16 nitrogen and oxygen atoms in total. The third kappa shape index (κ3) is 9.29. The Hall–Kier alpha value is -5.20. The van der Waals surface area contributed by atoms with Crippen molar-refractivity contribution in [2.45, 2.75) is 56.6 Å². The van der Waals surface area contributed by atoms with Gasteiger partial charge in [0.25, 0.3) is 0 Å². The Bertz CT molecular complexity index is 2120. The number of hydrogen-bond donors (Lipinski definition) is 5. The number of ether oxygens (including phenoxy) is 2. The van der Waals surface area contributed by atoms with E-state index >= 15 is 0 Å². The fourth-order valence-corrected chi connectivity index (χ4v) is 6.96. The van der Waals surface area contributed by atoms with Gasteiger partial charge in [-0.1, -0.05) is 60.7 Å². The highest BCUT2D eigenvalue weighted by molar-refractivity contribution is 7.52. The van der Waals surface area contributed by atoms with Gasteiger partial charge in [0.2, 0.25) is 5.91 Å². The van der Waals surface area contributed by atoms with E-state index in [0.29, 0.717) is 5.56 Å². The minimum atomic E-state index is -4.40. The number of aliphatic hydroxyl groups excluding tert-OH is 2. The maximum Gasteiger partial charge on any atom is 0.459 e. The van der Waals surface area contributed by atoms with Gasteiger partial charge in [0.05, 0.1) is 19.0 Å². The second-order valence-electron chi connectivity index (χ2n) is 12.3. The molecule has 7 atom stereocenters. The highest BCUT2D eigenvalue weighted by atomic mass is 31.2. The third-order valence-electron chi connectivity index (χ3n) is 8.26. The van der Waals surface area contributed by atoms with Crippen molar-refractivity contribution in [1.29, 1.82) is 0 Å². The van der Waals surface area contributed by atoms with E-state index in [2.05, 4.69) is 25.4 Å². The van der Waals surface area contributed by atoms with Crippen molar-refractivity contribution in [3.05, 3.63) is 114 Å². The Morgan fingerprint density at radius 1 is 0.981 bits per heavy atom. The Morgan fingerprint density at radius 2 is 1.67 bits per heavy atom. The van der Waals surface area contributed by atoms with Gasteiger partial charge in [0, 0.05) is 0 Å². The summed E-state index contributed by atoms with van der Waals surface area (Å²) < 4.78 is 65.7. The highest BCUT2D eigenvalue weighted by Gasteiger charge is 2.46. The lowest BCUT2D eigenvalue weighted by atomic mass is 10.1. The zero-order valence-corrected chi connectivity index (χ0v) is 29.5. The predicted octanol–water partition coefficient (Wildman–Crippen LogP) is 3.16. The number of imidazole rings is 1. The van der Waals surface area contributed by atoms with Crippen molar-refractivity contribution in [2.75, 3.05) is 11.9 Å². The van der Waals surface area contributed by atoms with Crippen LogP contribution in [0, 0.1) is 11.9 Å². The molecule has 0 saturated carbocycles. The number of halogens is 2. The van der Waals surface area contributed by atoms with E-state index in [4.69, 9.17) is 24.3 Å². The molecular weight excluding hydrogens is 731 g/mol. The van der Waals surface area contributed by atoms with Crippen molar-refractivity contribution < 1.29 is 51.7 Å². The molecule has 284 valence electrons. The van der Waals surface area contributed by atoms with Crippen LogP contribution in [0.2, 0.25) is 0 Å². The Balaban J connectivity index is 1.14. The molecule has 0 spiro atoms. The lowest BCUT2D eigenvalue weighted by Crippen LogP contribution is -2.37. The molecule has 3 heterocycles. The summed E-state index contributed by atoms with van der Waals surface area (Å²) in [5, 5.41) is 26.9. The number of benzene rings is 3. The minimum absolute atomic E-state index is 0.0333. The van der Waals surface area contributed by atoms with Gasteiger partial charge in [0.15, 0.2) is 23.2 Å². The number of aromatic nitrogens is 4. The Morgan fingerprint density at radius 3 is 2.37 bits per heavy atom. The molecule has 1 saturated heterocycles. The van der Waals surface area contributed by atoms with Crippen LogP contribution in [0.5, 0.6) is 5.75 Å². The molecule has 19 heteroatoms. The molecule has 0 aliphatic carbocycles. The monoisotopic (exact) mass is 767 g/mol. The van der Waals surface area contributed by atoms with Crippen molar-refractivity contribution in [1.82, 2.24) is 24.6 Å². The maximum absolute atomic E-state index is 14.7. The average Bonchev–Trinajstić information content (AvgIpc) is 3.70. The first-order valence-electron chi connectivity index (χ1n) is 16.6. The number of fused-ring (bicyclic) bond motifs is 1. The molecule has 5 aromatic rings. The zero-order valence-electron chi connectivity index (χ0n) is 28.6. The van der Waals surface area contributed by atoms with Gasteiger partial charge in [-0.05, 0) is 48.7 Å². The predicted molar refractivity (Wildman–Crippen MR) is 187 cm³/mol. The number of rotatable bonds is 15. The van der Waals surface area contributed by atoms with E-state index in [1.807, 2.05) is 6.07 Å². The van der Waals surface area contributed by atoms with Gasteiger partial charge in [-0.15, -0.1) is 0 Å². The molecule has 0 radical (unpaired) electrons. The summed E-state index contributed by atoms with van der Waals surface area (Å²) in [5.74, 6) is -2.14. The van der Waals surface area contributed by atoms with E-state index in [1.54, 1.807) is 42.5 Å². The van der Waals surface area contributed by atoms with Gasteiger partial charge in [-0.25, -0.2) is 13.9 Å². The van der Waals surface area contributed by atoms with Crippen molar-refractivity contribution in [3.63, 3.8) is 0 Å². The lowest BCUT2D eigenvalue weighted by Gasteiger charge is -2.24. The van der Waals surface area contributed by atoms with E-state index < -0.39 is 74.7 Å². The normalized spacial score (nSPS) is 20.6. The molecule has 54 heavy (non-hydrogen) atoms. The number of nitrogens with zero attached hydrogens (tertiary/aromatic N) is 4. The molecule has 1 amide bonds. The molecule has 6 rings (SSSR count). The standard InChI is InChI=1S/C35H36F2N7O9P/c1-20(34(48)50-17-22-8-4-2-5-9-22)43-54(49,53-24-10-6-3-7-11-24)51-18-26-28(45)29(46)33(52-26)44-19-39-27-30(41-35(37)42-31(27)44)40-32(47)25(38)16-21-12-14-23(36)15-13-21/h2-15,19-20,25-26,28-29,33,45-46H,16-18,38H2,1H3,(H,43,49)(H,40,41,42,47)/t20?,25?,26-,28+,29-,33-,54?/m0/s1. The van der Waals surface area contributed by atoms with Crippen LogP contribution < -0.4 is 20.7 Å². The quantitative estimate of drug-likeness (QED) is 0.0587. The summed E-state index contributed by atoms with van der Waals surface area (Å²) >= 11 is 0. The van der Waals surface area contributed by atoms with Crippen molar-refractivity contribution >= 4 is 36.6 Å². The summed E-state index contributed by atoms with van der Waals surface area (Å²) in [6, 6.07) is 20.0. The van der Waals surface area contributed by atoms with E-state index in [0.717, 1.165) is 16.5 Å². The molecule has 1 fully saturated rings. The highest BCUT2D eigenvalue weighted by Crippen LogP contribution is 2.46. The van der Waals surface area contributed by atoms with Crippen LogP contribution in [0.15, 0.2) is 91.3 Å². The van der Waals surface area contributed by atoms with Gasteiger partial charge >= 0.3 is 19.8 Å². The molecule has 2 aromatic heterocycles. The SMILES string of the molecule is CC(NP(=O)(OC[C@@H]1O[C@H](n2cnc3c(NC(=O)C(N)Cc4ccc(F)cc4)nc(F)nc32)[C@@H](O)[C@@H]1O)Oc1ccccc1)C(=O)OCc1ccccc1. The number of nitrogens with two attached hydrogens (primary N) is 1. The summed E-state index contributed by atoms with van der Waals surface area (Å²) in [7, 11) is -4.40. The van der Waals surface area contributed by atoms with Crippen LogP contribution in [0.3, 0.4) is 0 Å². The fourth-order valence-electron chi connectivity index (χ4n) is 5.46. The molecule has 1 aliphatic heterocycles. The largest absolute Gasteiger partial charge is 0.460 e. The number of carbonyl (C=O) groups excluding carboxylic acids is 2. The second-order valence-corrected chi connectivity index (χ2v) is 14.0. The Labute approximate surface area is 306 Å². The average molecular weight is 768 g/mol. The first-order valence-corrected chi connectivity index (χ1v) is 18.1. The number of esters is 1. The summed E-state index contributed by atoms with van der Waals surface area (Å²) in [6.45, 7) is 0.745. The van der Waals surface area contributed by atoms with Gasteiger partial charge < -0.3 is 35.3 Å². The Kier molecular flexibility index (Phi) is 12.0. The van der Waals surface area contributed by atoms with Crippen LogP contribution in [0.1, 0.15) is 24.3 Å². The molecular formula is C35H36F2N7O9P. The van der Waals surface area contributed by atoms with Crippen LogP contribution in [0.25, 0.3) is 11.2 Å². The molecule has 6 N–H and O–H groups in total. The van der Waals surface area contributed by atoms with E-state index in [1.165, 1.54) is 43.3 Å². The molecule has 1 aliphatic rings. The maximum atomic E-state index is 14.7. The third-order valence-corrected chi connectivity index (χ3v) is 9.90. The fraction of sp³-hybridized carbons (Fsp3) is 0.286. The van der Waals surface area contributed by atoms with Gasteiger partial charge in [-0.3, -0.25) is 18.7 Å². The second kappa shape index (κ2) is 16.9. The number of amides is 1. The minimum Gasteiger partial charge on any atom is -0.460 e. The molecule has 0 bridgehead atoms. The summed E-state index contributed by atoms with van der Waals surface area (Å²) in [5.41, 5.74) is 7.04. The number of para-hydroxylation sites is 1. The van der Waals surface area contributed by atoms with E-state index in [-0.39, 0.29) is 35.8 Å². The number of aliphatic hydroxyl groups is 2. The number of nitrogens with one attached hydrogen (secondary N) is 2. The number of hydrogen-bond acceptors (Lipinski definition) is 13. The number of anilines is 1. The zero-order chi connectivity index (χ0) is 38.4. The topological polar surface area (TPSA) is 222 Å². The van der Waals surface area contributed by atoms with Crippen LogP contribution >= 0.6 is 7.75 Å². The van der Waals surface area contributed by atoms with Gasteiger partial charge in [-0.2, -0.15) is 19.4 Å². The lowest BCUT2D eigenvalue weighted by molar-refractivity contribution is -0.146. The van der Waals surface area contributed by atoms with Gasteiger partial charge in [0.1, 0.15) is 42.5 Å². The smallest absolute Gasteiger partial charge is 0.459 e. The van der Waals surface area contributed by atoms with Crippen LogP contribution in [-0.2, 0) is 41.2 Å². The van der Waals surface area contributed by atoms with Crippen molar-refractivity contribution in [3.8, 4) is 5.75 Å². The molecule has 3 aromatic carbocycles. The van der Waals surface area contributed by atoms with Crippen LogP contribution in [-0.4, -0.2) is 78.6 Å². The first kappa shape index (κ1) is 38.5. The van der Waals surface area contributed by atoms with Crippen molar-refractivity contribution in [2.24, 2.45) is 5.73 Å².